The molecule has 1 aromatic heterocycles. The van der Waals surface area contributed by atoms with Gasteiger partial charge in [0, 0.05) is 5.56 Å². The summed E-state index contributed by atoms with van der Waals surface area (Å²) < 4.78 is 11.5. The number of nitrogens with zero attached hydrogens (tertiary/aromatic N) is 2. The van der Waals surface area contributed by atoms with E-state index in [0.717, 1.165) is 31.6 Å². The van der Waals surface area contributed by atoms with Gasteiger partial charge in [-0.3, -0.25) is 0 Å². The van der Waals surface area contributed by atoms with Gasteiger partial charge in [-0.15, -0.1) is 11.3 Å². The largest absolute Gasteiger partial charge is 0.454 e. The fourth-order valence-corrected chi connectivity index (χ4v) is 3.16. The van der Waals surface area contributed by atoms with Crippen molar-refractivity contribution in [2.24, 2.45) is 0 Å². The van der Waals surface area contributed by atoms with Crippen LogP contribution in [0.2, 0.25) is 0 Å². The van der Waals surface area contributed by atoms with Crippen LogP contribution >= 0.6 is 27.3 Å². The average molecular weight is 323 g/mol. The molecule has 0 N–H and O–H groups in total. The molecule has 18 heavy (non-hydrogen) atoms. The van der Waals surface area contributed by atoms with Crippen molar-refractivity contribution < 1.29 is 9.47 Å². The first-order valence-electron chi connectivity index (χ1n) is 5.20. The van der Waals surface area contributed by atoms with Crippen LogP contribution in [-0.4, -0.2) is 11.8 Å². The van der Waals surface area contributed by atoms with Gasteiger partial charge in [-0.2, -0.15) is 5.26 Å². The summed E-state index contributed by atoms with van der Waals surface area (Å²) in [5, 5.41) is 9.57. The molecule has 3 rings (SSSR count). The van der Waals surface area contributed by atoms with Gasteiger partial charge >= 0.3 is 0 Å². The van der Waals surface area contributed by atoms with E-state index in [-0.39, 0.29) is 6.79 Å². The first-order valence-corrected chi connectivity index (χ1v) is 6.81. The zero-order valence-electron chi connectivity index (χ0n) is 9.14. The van der Waals surface area contributed by atoms with Crippen molar-refractivity contribution in [2.75, 3.05) is 6.79 Å². The van der Waals surface area contributed by atoms with Crippen LogP contribution in [0, 0.1) is 11.3 Å². The van der Waals surface area contributed by atoms with Crippen LogP contribution < -0.4 is 9.47 Å². The van der Waals surface area contributed by atoms with E-state index in [0.29, 0.717) is 6.42 Å². The fourth-order valence-electron chi connectivity index (χ4n) is 1.67. The molecule has 0 amide bonds. The van der Waals surface area contributed by atoms with Crippen LogP contribution in [0.3, 0.4) is 0 Å². The number of nitriles is 1. The first kappa shape index (κ1) is 11.5. The Hall–Kier alpha value is -1.58. The third-order valence-corrected chi connectivity index (χ3v) is 4.39. The van der Waals surface area contributed by atoms with Crippen LogP contribution in [0.25, 0.3) is 10.6 Å². The lowest BCUT2D eigenvalue weighted by molar-refractivity contribution is 0.174. The highest BCUT2D eigenvalue weighted by atomic mass is 79.9. The molecule has 1 aliphatic rings. The zero-order valence-corrected chi connectivity index (χ0v) is 11.5. The summed E-state index contributed by atoms with van der Waals surface area (Å²) in [5.41, 5.74) is 1.74. The molecule has 6 heteroatoms. The van der Waals surface area contributed by atoms with Gasteiger partial charge in [-0.05, 0) is 34.1 Å². The van der Waals surface area contributed by atoms with Gasteiger partial charge in [0.2, 0.25) is 6.79 Å². The Kier molecular flexibility index (Phi) is 2.94. The van der Waals surface area contributed by atoms with Gasteiger partial charge in [0.15, 0.2) is 11.5 Å². The first-order chi connectivity index (χ1) is 8.78. The fraction of sp³-hybridized carbons (Fsp3) is 0.167. The van der Waals surface area contributed by atoms with E-state index < -0.39 is 0 Å². The monoisotopic (exact) mass is 322 g/mol. The highest BCUT2D eigenvalue weighted by Gasteiger charge is 2.16. The van der Waals surface area contributed by atoms with E-state index in [1.54, 1.807) is 0 Å². The van der Waals surface area contributed by atoms with Crippen LogP contribution in [0.15, 0.2) is 22.0 Å². The van der Waals surface area contributed by atoms with Gasteiger partial charge in [-0.1, -0.05) is 0 Å². The number of halogens is 1. The topological polar surface area (TPSA) is 55.1 Å². The Morgan fingerprint density at radius 1 is 1.39 bits per heavy atom. The van der Waals surface area contributed by atoms with E-state index in [1.165, 1.54) is 11.3 Å². The van der Waals surface area contributed by atoms with Gasteiger partial charge in [0.1, 0.15) is 5.01 Å². The molecular formula is C12H7BrN2O2S. The quantitative estimate of drug-likeness (QED) is 0.850. The standard InChI is InChI=1S/C12H7BrN2O2S/c13-11-8(3-4-14)15-12(18-11)7-1-2-9-10(5-7)17-6-16-9/h1-2,5H,3,6H2. The number of fused-ring (bicyclic) bond motifs is 1. The predicted octanol–water partition coefficient (Wildman–Crippen LogP) is 3.37. The normalized spacial score (nSPS) is 12.4. The van der Waals surface area contributed by atoms with Crippen LogP contribution in [0.5, 0.6) is 11.5 Å². The van der Waals surface area contributed by atoms with E-state index in [9.17, 15) is 0 Å². The van der Waals surface area contributed by atoms with Gasteiger partial charge in [0.05, 0.1) is 22.0 Å². The smallest absolute Gasteiger partial charge is 0.231 e. The van der Waals surface area contributed by atoms with Crippen LogP contribution in [-0.2, 0) is 6.42 Å². The SMILES string of the molecule is N#CCc1nc(-c2ccc3c(c2)OCO3)sc1Br. The summed E-state index contributed by atoms with van der Waals surface area (Å²) >= 11 is 4.94. The van der Waals surface area contributed by atoms with E-state index >= 15 is 0 Å². The minimum Gasteiger partial charge on any atom is -0.454 e. The van der Waals surface area contributed by atoms with Crippen LogP contribution in [0.4, 0.5) is 0 Å². The van der Waals surface area contributed by atoms with Crippen molar-refractivity contribution in [3.05, 3.63) is 27.7 Å². The third kappa shape index (κ3) is 1.96. The number of hydrogen-bond acceptors (Lipinski definition) is 5. The summed E-state index contributed by atoms with van der Waals surface area (Å²) in [6, 6.07) is 7.82. The minimum atomic E-state index is 0.264. The number of benzene rings is 1. The maximum Gasteiger partial charge on any atom is 0.231 e. The highest BCUT2D eigenvalue weighted by Crippen LogP contribution is 2.38. The van der Waals surface area contributed by atoms with Crippen molar-refractivity contribution in [1.29, 1.82) is 5.26 Å². The molecule has 1 aliphatic heterocycles. The Morgan fingerprint density at radius 2 is 2.22 bits per heavy atom. The molecule has 2 aromatic rings. The Labute approximate surface area is 116 Å². The zero-order chi connectivity index (χ0) is 12.5. The molecule has 0 unspecified atom stereocenters. The molecule has 2 heterocycles. The minimum absolute atomic E-state index is 0.264. The van der Waals surface area contributed by atoms with Gasteiger partial charge < -0.3 is 9.47 Å². The Bertz CT molecular complexity index is 648. The lowest BCUT2D eigenvalue weighted by atomic mass is 10.2. The number of hydrogen-bond donors (Lipinski definition) is 0. The lowest BCUT2D eigenvalue weighted by Gasteiger charge is -1.98. The Balaban J connectivity index is 2.00. The molecular weight excluding hydrogens is 316 g/mol. The second-order valence-electron chi connectivity index (χ2n) is 3.64. The molecule has 1 aromatic carbocycles. The molecule has 0 atom stereocenters. The second-order valence-corrected chi connectivity index (χ2v) is 5.96. The molecule has 0 spiro atoms. The summed E-state index contributed by atoms with van der Waals surface area (Å²) in [5.74, 6) is 1.49. The van der Waals surface area contributed by atoms with E-state index in [1.807, 2.05) is 18.2 Å². The van der Waals surface area contributed by atoms with E-state index in [2.05, 4.69) is 27.0 Å². The lowest BCUT2D eigenvalue weighted by Crippen LogP contribution is -1.92. The summed E-state index contributed by atoms with van der Waals surface area (Å²) in [6.45, 7) is 0.264. The molecule has 0 bridgehead atoms. The number of rotatable bonds is 2. The second kappa shape index (κ2) is 4.59. The summed E-state index contributed by atoms with van der Waals surface area (Å²) in [7, 11) is 0. The maximum atomic E-state index is 8.71. The Morgan fingerprint density at radius 3 is 3.06 bits per heavy atom. The molecule has 0 fully saturated rings. The van der Waals surface area contributed by atoms with Crippen molar-refractivity contribution in [2.45, 2.75) is 6.42 Å². The van der Waals surface area contributed by atoms with Crippen LogP contribution in [0.1, 0.15) is 5.69 Å². The van der Waals surface area contributed by atoms with Crippen molar-refractivity contribution in [3.8, 4) is 28.1 Å². The maximum absolute atomic E-state index is 8.71. The highest BCUT2D eigenvalue weighted by molar-refractivity contribution is 9.11. The average Bonchev–Trinajstić information content (AvgIpc) is 2.96. The molecule has 90 valence electrons. The number of thiazole rings is 1. The number of aromatic nitrogens is 1. The molecule has 0 saturated heterocycles. The van der Waals surface area contributed by atoms with Gasteiger partial charge in [0.25, 0.3) is 0 Å². The molecule has 0 saturated carbocycles. The summed E-state index contributed by atoms with van der Waals surface area (Å²) in [4.78, 5) is 4.45. The van der Waals surface area contributed by atoms with Crippen molar-refractivity contribution >= 4 is 27.3 Å². The van der Waals surface area contributed by atoms with Crippen molar-refractivity contribution in [3.63, 3.8) is 0 Å². The predicted molar refractivity (Wildman–Crippen MR) is 70.7 cm³/mol. The van der Waals surface area contributed by atoms with Crippen molar-refractivity contribution in [1.82, 2.24) is 4.98 Å². The molecule has 4 nitrogen and oxygen atoms in total. The van der Waals surface area contributed by atoms with E-state index in [4.69, 9.17) is 14.7 Å². The molecule has 0 aliphatic carbocycles. The summed E-state index contributed by atoms with van der Waals surface area (Å²) in [6.07, 6.45) is 0.307. The number of ether oxygens (including phenoxy) is 2. The molecule has 0 radical (unpaired) electrons. The third-order valence-electron chi connectivity index (χ3n) is 2.52. The van der Waals surface area contributed by atoms with Gasteiger partial charge in [-0.25, -0.2) is 4.98 Å².